The van der Waals surface area contributed by atoms with Crippen molar-refractivity contribution in [2.75, 3.05) is 11.5 Å². The van der Waals surface area contributed by atoms with E-state index in [1.165, 1.54) is 4.90 Å². The van der Waals surface area contributed by atoms with Crippen molar-refractivity contribution in [2.45, 2.75) is 46.3 Å². The molecule has 1 fully saturated rings. The topological polar surface area (TPSA) is 106 Å². The maximum atomic E-state index is 13.4. The van der Waals surface area contributed by atoms with Gasteiger partial charge < -0.3 is 14.6 Å². The first-order valence-corrected chi connectivity index (χ1v) is 12.8. The van der Waals surface area contributed by atoms with Gasteiger partial charge in [0.25, 0.3) is 5.78 Å². The van der Waals surface area contributed by atoms with Crippen LogP contribution in [0.4, 0.5) is 5.13 Å². The number of amides is 1. The summed E-state index contributed by atoms with van der Waals surface area (Å²) in [6.45, 7) is 7.45. The molecule has 2 unspecified atom stereocenters. The maximum Gasteiger partial charge on any atom is 0.350 e. The number of aliphatic hydroxyl groups excluding tert-OH is 1. The molecule has 0 spiro atoms. The van der Waals surface area contributed by atoms with Gasteiger partial charge in [0.15, 0.2) is 5.13 Å². The second-order valence-corrected chi connectivity index (χ2v) is 10.1. The quantitative estimate of drug-likeness (QED) is 0.222. The Balaban J connectivity index is 1.66. The lowest BCUT2D eigenvalue weighted by Crippen LogP contribution is -2.29. The fraction of sp³-hybridized carbons (Fsp3) is 0.286. The molecule has 8 nitrogen and oxygen atoms in total. The van der Waals surface area contributed by atoms with Crippen LogP contribution in [-0.2, 0) is 20.7 Å². The van der Waals surface area contributed by atoms with Gasteiger partial charge in [-0.05, 0) is 57.0 Å². The lowest BCUT2D eigenvalue weighted by molar-refractivity contribution is -0.132. The first kappa shape index (κ1) is 24.7. The highest BCUT2D eigenvalue weighted by Gasteiger charge is 2.48. The van der Waals surface area contributed by atoms with Crippen molar-refractivity contribution >= 4 is 39.9 Å². The van der Waals surface area contributed by atoms with E-state index in [1.807, 2.05) is 38.1 Å². The second-order valence-electron chi connectivity index (χ2n) is 9.17. The number of aryl methyl sites for hydroxylation is 2. The SMILES string of the molecule is CCOC(=O)c1sc(N2C(=O)C(=O)C(=C(O)c3ccc4c(c3)CC(C)O4)C2c2ccc(C)cc2)nc1C. The second kappa shape index (κ2) is 9.48. The first-order valence-electron chi connectivity index (χ1n) is 12.0. The molecule has 2 atom stereocenters. The molecule has 2 aliphatic rings. The number of rotatable bonds is 5. The molecule has 1 N–H and O–H groups in total. The number of esters is 1. The van der Waals surface area contributed by atoms with Crippen molar-refractivity contribution < 1.29 is 29.0 Å². The van der Waals surface area contributed by atoms with Crippen molar-refractivity contribution in [3.63, 3.8) is 0 Å². The Labute approximate surface area is 218 Å². The van der Waals surface area contributed by atoms with Crippen LogP contribution < -0.4 is 9.64 Å². The van der Waals surface area contributed by atoms with Gasteiger partial charge in [-0.25, -0.2) is 9.78 Å². The first-order chi connectivity index (χ1) is 17.7. The van der Waals surface area contributed by atoms with Gasteiger partial charge in [0.2, 0.25) is 0 Å². The number of aromatic nitrogens is 1. The number of aliphatic hydroxyl groups is 1. The molecule has 3 aromatic rings. The third-order valence-corrected chi connectivity index (χ3v) is 7.60. The van der Waals surface area contributed by atoms with Gasteiger partial charge in [-0.2, -0.15) is 0 Å². The molecule has 1 amide bonds. The zero-order chi connectivity index (χ0) is 26.4. The highest BCUT2D eigenvalue weighted by Crippen LogP contribution is 2.44. The fourth-order valence-corrected chi connectivity index (χ4v) is 5.68. The molecular weight excluding hydrogens is 492 g/mol. The number of fused-ring (bicyclic) bond motifs is 1. The Bertz CT molecular complexity index is 1460. The van der Waals surface area contributed by atoms with E-state index in [9.17, 15) is 19.5 Å². The third-order valence-electron chi connectivity index (χ3n) is 6.46. The van der Waals surface area contributed by atoms with Gasteiger partial charge in [-0.15, -0.1) is 0 Å². The molecule has 1 aromatic heterocycles. The molecule has 2 aromatic carbocycles. The summed E-state index contributed by atoms with van der Waals surface area (Å²) in [5, 5.41) is 11.6. The molecule has 0 saturated carbocycles. The Hall–Kier alpha value is -3.98. The average Bonchev–Trinajstić information content (AvgIpc) is 3.51. The van der Waals surface area contributed by atoms with Crippen LogP contribution in [0.25, 0.3) is 5.76 Å². The van der Waals surface area contributed by atoms with E-state index in [0.29, 0.717) is 23.2 Å². The van der Waals surface area contributed by atoms with Crippen molar-refractivity contribution in [1.29, 1.82) is 0 Å². The zero-order valence-electron chi connectivity index (χ0n) is 20.9. The molecule has 5 rings (SSSR count). The Kier molecular flexibility index (Phi) is 6.33. The van der Waals surface area contributed by atoms with Gasteiger partial charge in [0, 0.05) is 12.0 Å². The van der Waals surface area contributed by atoms with E-state index in [2.05, 4.69) is 4.98 Å². The van der Waals surface area contributed by atoms with Crippen LogP contribution in [-0.4, -0.2) is 40.5 Å². The summed E-state index contributed by atoms with van der Waals surface area (Å²) in [5.41, 5.74) is 3.35. The van der Waals surface area contributed by atoms with E-state index in [0.717, 1.165) is 28.2 Å². The van der Waals surface area contributed by atoms with E-state index in [4.69, 9.17) is 9.47 Å². The van der Waals surface area contributed by atoms with Gasteiger partial charge in [-0.1, -0.05) is 41.2 Å². The minimum atomic E-state index is -0.926. The standard InChI is InChI=1S/C28H26N2O6S/c1-5-35-27(34)25-16(4)29-28(37-25)30-22(17-8-6-14(2)7-9-17)21(24(32)26(30)33)23(31)18-10-11-20-19(13-18)12-15(3)36-20/h6-11,13,15,22,31H,5,12H2,1-4H3. The van der Waals surface area contributed by atoms with Crippen LogP contribution >= 0.6 is 11.3 Å². The monoisotopic (exact) mass is 518 g/mol. The molecule has 190 valence electrons. The van der Waals surface area contributed by atoms with Gasteiger partial charge in [-0.3, -0.25) is 14.5 Å². The highest BCUT2D eigenvalue weighted by molar-refractivity contribution is 7.17. The van der Waals surface area contributed by atoms with E-state index in [1.54, 1.807) is 32.0 Å². The molecule has 9 heteroatoms. The van der Waals surface area contributed by atoms with E-state index < -0.39 is 23.7 Å². The average molecular weight is 519 g/mol. The number of hydrogen-bond donors (Lipinski definition) is 1. The maximum absolute atomic E-state index is 13.4. The number of benzene rings is 2. The van der Waals surface area contributed by atoms with Crippen molar-refractivity contribution in [2.24, 2.45) is 0 Å². The number of ether oxygens (including phenoxy) is 2. The van der Waals surface area contributed by atoms with Crippen LogP contribution in [0.3, 0.4) is 0 Å². The minimum Gasteiger partial charge on any atom is -0.507 e. The Morgan fingerprint density at radius 1 is 1.19 bits per heavy atom. The predicted molar refractivity (Wildman–Crippen MR) is 139 cm³/mol. The highest BCUT2D eigenvalue weighted by atomic mass is 32.1. The summed E-state index contributed by atoms with van der Waals surface area (Å²) < 4.78 is 10.9. The van der Waals surface area contributed by atoms with Crippen molar-refractivity contribution in [1.82, 2.24) is 4.98 Å². The summed E-state index contributed by atoms with van der Waals surface area (Å²) in [6.07, 6.45) is 0.702. The smallest absolute Gasteiger partial charge is 0.350 e. The molecule has 37 heavy (non-hydrogen) atoms. The summed E-state index contributed by atoms with van der Waals surface area (Å²) >= 11 is 0.985. The lowest BCUT2D eigenvalue weighted by atomic mass is 9.94. The zero-order valence-corrected chi connectivity index (χ0v) is 21.7. The largest absolute Gasteiger partial charge is 0.507 e. The molecule has 0 aliphatic carbocycles. The Morgan fingerprint density at radius 3 is 2.62 bits per heavy atom. The van der Waals surface area contributed by atoms with E-state index in [-0.39, 0.29) is 34.1 Å². The number of thiazole rings is 1. The molecular formula is C28H26N2O6S. The number of carbonyl (C=O) groups excluding carboxylic acids is 3. The van der Waals surface area contributed by atoms with Crippen LogP contribution in [0.5, 0.6) is 5.75 Å². The normalized spacial score (nSPS) is 20.2. The van der Waals surface area contributed by atoms with Crippen LogP contribution in [0.2, 0.25) is 0 Å². The third kappa shape index (κ3) is 4.29. The molecule has 2 aliphatic heterocycles. The number of anilines is 1. The summed E-state index contributed by atoms with van der Waals surface area (Å²) in [6, 6.07) is 11.7. The van der Waals surface area contributed by atoms with Crippen LogP contribution in [0.1, 0.15) is 57.5 Å². The summed E-state index contributed by atoms with van der Waals surface area (Å²) in [5.74, 6) is -1.72. The summed E-state index contributed by atoms with van der Waals surface area (Å²) in [4.78, 5) is 45.2. The van der Waals surface area contributed by atoms with E-state index >= 15 is 0 Å². The predicted octanol–water partition coefficient (Wildman–Crippen LogP) is 4.89. The lowest BCUT2D eigenvalue weighted by Gasteiger charge is -2.23. The molecule has 0 bridgehead atoms. The van der Waals surface area contributed by atoms with Gasteiger partial charge in [0.05, 0.1) is 23.9 Å². The van der Waals surface area contributed by atoms with Gasteiger partial charge in [0.1, 0.15) is 22.5 Å². The number of nitrogens with zero attached hydrogens (tertiary/aromatic N) is 2. The number of carbonyl (C=O) groups is 3. The summed E-state index contributed by atoms with van der Waals surface area (Å²) in [7, 11) is 0. The van der Waals surface area contributed by atoms with Crippen LogP contribution in [0.15, 0.2) is 48.0 Å². The Morgan fingerprint density at radius 2 is 1.92 bits per heavy atom. The van der Waals surface area contributed by atoms with Crippen molar-refractivity contribution in [3.05, 3.63) is 80.9 Å². The van der Waals surface area contributed by atoms with Crippen molar-refractivity contribution in [3.8, 4) is 5.75 Å². The number of ketones is 1. The number of Topliss-reactive ketones (excluding diaryl/α,β-unsaturated/α-hetero) is 1. The van der Waals surface area contributed by atoms with Crippen LogP contribution in [0, 0.1) is 13.8 Å². The van der Waals surface area contributed by atoms with Gasteiger partial charge >= 0.3 is 11.9 Å². The molecule has 0 radical (unpaired) electrons. The molecule has 3 heterocycles. The number of hydrogen-bond acceptors (Lipinski definition) is 8. The molecule has 1 saturated heterocycles. The fourth-order valence-electron chi connectivity index (χ4n) is 4.69. The minimum absolute atomic E-state index is 0.0206.